The molecule has 0 heterocycles. The van der Waals surface area contributed by atoms with E-state index < -0.39 is 0 Å². The van der Waals surface area contributed by atoms with Gasteiger partial charge in [-0.1, -0.05) is 30.3 Å². The molecule has 1 N–H and O–H groups in total. The second-order valence-electron chi connectivity index (χ2n) is 5.50. The van der Waals surface area contributed by atoms with E-state index >= 15 is 0 Å². The monoisotopic (exact) mass is 285 g/mol. The summed E-state index contributed by atoms with van der Waals surface area (Å²) < 4.78 is 0. The minimum absolute atomic E-state index is 0.0218. The van der Waals surface area contributed by atoms with Crippen molar-refractivity contribution < 1.29 is 4.79 Å². The van der Waals surface area contributed by atoms with Crippen LogP contribution in [0.3, 0.4) is 0 Å². The molecule has 0 saturated heterocycles. The highest BCUT2D eigenvalue weighted by Crippen LogP contribution is 2.12. The number of amides is 1. The van der Waals surface area contributed by atoms with Gasteiger partial charge in [0.05, 0.1) is 0 Å². The maximum Gasteiger partial charge on any atom is 0.266 e. The molecule has 4 heteroatoms. The lowest BCUT2D eigenvalue weighted by molar-refractivity contribution is -0.129. The van der Waals surface area contributed by atoms with Crippen LogP contribution in [-0.2, 0) is 11.3 Å². The number of carbonyl (C=O) groups is 1. The summed E-state index contributed by atoms with van der Waals surface area (Å²) in [7, 11) is 0. The maximum atomic E-state index is 12.5. The first-order chi connectivity index (χ1) is 9.95. The van der Waals surface area contributed by atoms with E-state index in [2.05, 4.69) is 5.32 Å². The molecular weight excluding hydrogens is 262 g/mol. The molecule has 1 aromatic carbocycles. The Morgan fingerprint density at radius 2 is 1.90 bits per heavy atom. The highest BCUT2D eigenvalue weighted by Gasteiger charge is 2.21. The molecule has 0 aliphatic rings. The predicted molar refractivity (Wildman–Crippen MR) is 84.1 cm³/mol. The van der Waals surface area contributed by atoms with E-state index in [0.717, 1.165) is 5.56 Å². The van der Waals surface area contributed by atoms with Gasteiger partial charge < -0.3 is 10.2 Å². The molecule has 0 bridgehead atoms. The minimum Gasteiger partial charge on any atom is -0.387 e. The Balaban J connectivity index is 2.92. The lowest BCUT2D eigenvalue weighted by atomic mass is 10.1. The van der Waals surface area contributed by atoms with Crippen molar-refractivity contribution in [1.82, 2.24) is 10.2 Å². The molecule has 0 saturated carbocycles. The van der Waals surface area contributed by atoms with Crippen molar-refractivity contribution in [3.63, 3.8) is 0 Å². The average molecular weight is 285 g/mol. The van der Waals surface area contributed by atoms with Crippen LogP contribution in [0.15, 0.2) is 42.1 Å². The Hall–Kier alpha value is -2.28. The largest absolute Gasteiger partial charge is 0.387 e. The van der Waals surface area contributed by atoms with Crippen molar-refractivity contribution in [2.45, 2.75) is 46.3 Å². The van der Waals surface area contributed by atoms with Crippen molar-refractivity contribution in [3.8, 4) is 6.07 Å². The number of hydrogen-bond donors (Lipinski definition) is 1. The number of nitriles is 1. The highest BCUT2D eigenvalue weighted by atomic mass is 16.2. The predicted octanol–water partition coefficient (Wildman–Crippen LogP) is 2.83. The van der Waals surface area contributed by atoms with Crippen molar-refractivity contribution in [2.24, 2.45) is 0 Å². The standard InChI is InChI=1S/C17H23N3O/c1-13(2)19-11-16(10-18)17(21)20(14(3)4)12-15-8-6-5-7-9-15/h5-9,11,13-14,19H,12H2,1-4H3/b16-11-. The summed E-state index contributed by atoms with van der Waals surface area (Å²) in [5.41, 5.74) is 1.18. The molecule has 1 rings (SSSR count). The lowest BCUT2D eigenvalue weighted by Crippen LogP contribution is -2.37. The van der Waals surface area contributed by atoms with Crippen LogP contribution in [0.1, 0.15) is 33.3 Å². The SMILES string of the molecule is CC(C)N/C=C(/C#N)C(=O)N(Cc1ccccc1)C(C)C. The van der Waals surface area contributed by atoms with E-state index in [1.807, 2.05) is 64.1 Å². The first-order valence-electron chi connectivity index (χ1n) is 7.17. The fraction of sp³-hybridized carbons (Fsp3) is 0.412. The Kier molecular flexibility index (Phi) is 6.48. The van der Waals surface area contributed by atoms with Crippen LogP contribution >= 0.6 is 0 Å². The van der Waals surface area contributed by atoms with E-state index in [9.17, 15) is 10.1 Å². The van der Waals surface area contributed by atoms with Gasteiger partial charge in [-0.2, -0.15) is 5.26 Å². The number of rotatable bonds is 6. The molecule has 0 aliphatic heterocycles. The van der Waals surface area contributed by atoms with Crippen molar-refractivity contribution in [2.75, 3.05) is 0 Å². The first kappa shape index (κ1) is 16.8. The molecule has 0 atom stereocenters. The zero-order valence-electron chi connectivity index (χ0n) is 13.1. The van der Waals surface area contributed by atoms with Gasteiger partial charge in [0.25, 0.3) is 5.91 Å². The molecular formula is C17H23N3O. The summed E-state index contributed by atoms with van der Waals surface area (Å²) in [4.78, 5) is 14.2. The minimum atomic E-state index is -0.246. The van der Waals surface area contributed by atoms with Crippen LogP contribution in [0, 0.1) is 11.3 Å². The number of benzene rings is 1. The van der Waals surface area contributed by atoms with Crippen molar-refractivity contribution in [1.29, 1.82) is 5.26 Å². The number of nitrogens with one attached hydrogen (secondary N) is 1. The smallest absolute Gasteiger partial charge is 0.266 e. The highest BCUT2D eigenvalue weighted by molar-refractivity contribution is 5.97. The van der Waals surface area contributed by atoms with Crippen molar-refractivity contribution >= 4 is 5.91 Å². The molecule has 112 valence electrons. The Labute approximate surface area is 127 Å². The first-order valence-corrected chi connectivity index (χ1v) is 7.17. The second-order valence-corrected chi connectivity index (χ2v) is 5.50. The maximum absolute atomic E-state index is 12.5. The van der Waals surface area contributed by atoms with Crippen molar-refractivity contribution in [3.05, 3.63) is 47.7 Å². The molecule has 0 unspecified atom stereocenters. The summed E-state index contributed by atoms with van der Waals surface area (Å²) in [5.74, 6) is -0.246. The van der Waals surface area contributed by atoms with Gasteiger partial charge in [0, 0.05) is 24.8 Å². The van der Waals surface area contributed by atoms with Crippen LogP contribution in [0.5, 0.6) is 0 Å². The zero-order chi connectivity index (χ0) is 15.8. The van der Waals surface area contributed by atoms with Crippen LogP contribution in [-0.4, -0.2) is 22.9 Å². The molecule has 0 radical (unpaired) electrons. The number of nitrogens with zero attached hydrogens (tertiary/aromatic N) is 2. The van der Waals surface area contributed by atoms with E-state index in [1.165, 1.54) is 6.20 Å². The van der Waals surface area contributed by atoms with E-state index in [-0.39, 0.29) is 23.6 Å². The zero-order valence-corrected chi connectivity index (χ0v) is 13.1. The van der Waals surface area contributed by atoms with Gasteiger partial charge in [0.1, 0.15) is 11.6 Å². The Morgan fingerprint density at radius 3 is 2.38 bits per heavy atom. The van der Waals surface area contributed by atoms with Gasteiger partial charge in [-0.05, 0) is 33.3 Å². The molecule has 0 aliphatic carbocycles. The van der Waals surface area contributed by atoms with Gasteiger partial charge in [0.15, 0.2) is 0 Å². The molecule has 4 nitrogen and oxygen atoms in total. The van der Waals surface area contributed by atoms with E-state index in [1.54, 1.807) is 4.90 Å². The van der Waals surface area contributed by atoms with Crippen LogP contribution in [0.2, 0.25) is 0 Å². The number of carbonyl (C=O) groups excluding carboxylic acids is 1. The van der Waals surface area contributed by atoms with Gasteiger partial charge in [-0.25, -0.2) is 0 Å². The third kappa shape index (κ3) is 5.31. The second kappa shape index (κ2) is 8.11. The summed E-state index contributed by atoms with van der Waals surface area (Å²) in [5, 5.41) is 12.2. The Morgan fingerprint density at radius 1 is 1.29 bits per heavy atom. The average Bonchev–Trinajstić information content (AvgIpc) is 2.45. The summed E-state index contributed by atoms with van der Waals surface area (Å²) >= 11 is 0. The molecule has 1 aromatic rings. The summed E-state index contributed by atoms with van der Waals surface area (Å²) in [6.45, 7) is 8.32. The third-order valence-electron chi connectivity index (χ3n) is 2.99. The summed E-state index contributed by atoms with van der Waals surface area (Å²) in [6.07, 6.45) is 1.51. The summed E-state index contributed by atoms with van der Waals surface area (Å²) in [6, 6.07) is 12.0. The van der Waals surface area contributed by atoms with Crippen LogP contribution in [0.25, 0.3) is 0 Å². The number of hydrogen-bond acceptors (Lipinski definition) is 3. The van der Waals surface area contributed by atoms with Crippen LogP contribution < -0.4 is 5.32 Å². The molecule has 0 spiro atoms. The van der Waals surface area contributed by atoms with E-state index in [0.29, 0.717) is 6.54 Å². The normalized spacial score (nSPS) is 11.4. The van der Waals surface area contributed by atoms with Gasteiger partial charge in [-0.3, -0.25) is 4.79 Å². The Bertz CT molecular complexity index is 527. The molecule has 0 aromatic heterocycles. The van der Waals surface area contributed by atoms with E-state index in [4.69, 9.17) is 0 Å². The molecule has 1 amide bonds. The third-order valence-corrected chi connectivity index (χ3v) is 2.99. The molecule has 0 fully saturated rings. The topological polar surface area (TPSA) is 56.1 Å². The van der Waals surface area contributed by atoms with Gasteiger partial charge in [0.2, 0.25) is 0 Å². The molecule has 21 heavy (non-hydrogen) atoms. The quantitative estimate of drug-likeness (QED) is 0.646. The fourth-order valence-corrected chi connectivity index (χ4v) is 1.82. The van der Waals surface area contributed by atoms with Gasteiger partial charge >= 0.3 is 0 Å². The lowest BCUT2D eigenvalue weighted by Gasteiger charge is -2.26. The van der Waals surface area contributed by atoms with Gasteiger partial charge in [-0.15, -0.1) is 0 Å². The van der Waals surface area contributed by atoms with Crippen LogP contribution in [0.4, 0.5) is 0 Å². The fourth-order valence-electron chi connectivity index (χ4n) is 1.82.